The molecule has 1 amide bonds. The number of nitrogens with one attached hydrogen (secondary N) is 1. The molecule has 1 aliphatic heterocycles. The Labute approximate surface area is 159 Å². The van der Waals surface area contributed by atoms with E-state index in [4.69, 9.17) is 0 Å². The largest absolute Gasteiger partial charge is 0.480 e. The highest BCUT2D eigenvalue weighted by atomic mass is 32.2. The topological polar surface area (TPSA) is 104 Å². The summed E-state index contributed by atoms with van der Waals surface area (Å²) >= 11 is 0. The maximum absolute atomic E-state index is 13.0. The van der Waals surface area contributed by atoms with Crippen molar-refractivity contribution in [3.8, 4) is 0 Å². The standard InChI is InChI=1S/C19H26N2O5S/c1-14-7-8-15(17(22)20-19(18(23)24)9-3-4-10-19)13-16(14)27(25,26)21-11-5-2-6-12-21/h7-8,13H,2-6,9-12H2,1H3,(H,20,22)(H,23,24). The molecular formula is C19H26N2O5S. The number of aliphatic carboxylic acids is 1. The van der Waals surface area contributed by atoms with Gasteiger partial charge in [0.1, 0.15) is 5.54 Å². The number of piperidine rings is 1. The van der Waals surface area contributed by atoms with Crippen LogP contribution in [0.5, 0.6) is 0 Å². The van der Waals surface area contributed by atoms with E-state index < -0.39 is 27.4 Å². The third-order valence-electron chi connectivity index (χ3n) is 5.60. The van der Waals surface area contributed by atoms with Crippen molar-refractivity contribution in [3.05, 3.63) is 29.3 Å². The molecular weight excluding hydrogens is 368 g/mol. The molecule has 2 N–H and O–H groups in total. The fourth-order valence-electron chi connectivity index (χ4n) is 3.92. The normalized spacial score (nSPS) is 20.3. The lowest BCUT2D eigenvalue weighted by Gasteiger charge is -2.27. The summed E-state index contributed by atoms with van der Waals surface area (Å²) in [5.41, 5.74) is -0.511. The zero-order valence-electron chi connectivity index (χ0n) is 15.5. The molecule has 0 bridgehead atoms. The predicted octanol–water partition coefficient (Wildman–Crippen LogP) is 2.30. The molecule has 0 atom stereocenters. The van der Waals surface area contributed by atoms with Gasteiger partial charge in [0.05, 0.1) is 4.90 Å². The summed E-state index contributed by atoms with van der Waals surface area (Å²) in [5.74, 6) is -1.59. The second-order valence-electron chi connectivity index (χ2n) is 7.49. The molecule has 0 spiro atoms. The number of benzene rings is 1. The number of aryl methyl sites for hydroxylation is 1. The second-order valence-corrected chi connectivity index (χ2v) is 9.40. The molecule has 27 heavy (non-hydrogen) atoms. The maximum atomic E-state index is 13.0. The van der Waals surface area contributed by atoms with Gasteiger partial charge in [-0.3, -0.25) is 4.79 Å². The fourth-order valence-corrected chi connectivity index (χ4v) is 5.69. The van der Waals surface area contributed by atoms with E-state index in [1.807, 2.05) is 0 Å². The van der Waals surface area contributed by atoms with Crippen molar-refractivity contribution >= 4 is 21.9 Å². The third kappa shape index (κ3) is 3.87. The molecule has 1 heterocycles. The van der Waals surface area contributed by atoms with Gasteiger partial charge < -0.3 is 10.4 Å². The summed E-state index contributed by atoms with van der Waals surface area (Å²) in [6, 6.07) is 4.53. The van der Waals surface area contributed by atoms with E-state index >= 15 is 0 Å². The Hall–Kier alpha value is -1.93. The average molecular weight is 394 g/mol. The van der Waals surface area contributed by atoms with Crippen molar-refractivity contribution in [3.63, 3.8) is 0 Å². The van der Waals surface area contributed by atoms with Crippen LogP contribution in [0.15, 0.2) is 23.1 Å². The van der Waals surface area contributed by atoms with Crippen LogP contribution in [0.4, 0.5) is 0 Å². The highest BCUT2D eigenvalue weighted by Crippen LogP contribution is 2.31. The quantitative estimate of drug-likeness (QED) is 0.797. The van der Waals surface area contributed by atoms with E-state index in [0.29, 0.717) is 31.5 Å². The summed E-state index contributed by atoms with van der Waals surface area (Å²) in [6.07, 6.45) is 4.95. The highest BCUT2D eigenvalue weighted by molar-refractivity contribution is 7.89. The van der Waals surface area contributed by atoms with Crippen molar-refractivity contribution in [1.29, 1.82) is 0 Å². The van der Waals surface area contributed by atoms with E-state index in [9.17, 15) is 23.1 Å². The number of nitrogens with zero attached hydrogens (tertiary/aromatic N) is 1. The number of hydrogen-bond donors (Lipinski definition) is 2. The van der Waals surface area contributed by atoms with E-state index in [-0.39, 0.29) is 10.5 Å². The van der Waals surface area contributed by atoms with Gasteiger partial charge in [0.2, 0.25) is 10.0 Å². The monoisotopic (exact) mass is 394 g/mol. The molecule has 1 aromatic carbocycles. The van der Waals surface area contributed by atoms with Gasteiger partial charge in [-0.15, -0.1) is 0 Å². The van der Waals surface area contributed by atoms with Crippen LogP contribution >= 0.6 is 0 Å². The van der Waals surface area contributed by atoms with Crippen LogP contribution in [0.3, 0.4) is 0 Å². The molecule has 1 aromatic rings. The lowest BCUT2D eigenvalue weighted by atomic mass is 9.97. The smallest absolute Gasteiger partial charge is 0.329 e. The van der Waals surface area contributed by atoms with Crippen LogP contribution in [0, 0.1) is 6.92 Å². The molecule has 148 valence electrons. The first-order valence-electron chi connectivity index (χ1n) is 9.43. The van der Waals surface area contributed by atoms with E-state index in [1.165, 1.54) is 10.4 Å². The summed E-state index contributed by atoms with van der Waals surface area (Å²) in [7, 11) is -3.67. The van der Waals surface area contributed by atoms with Crippen LogP contribution in [0.25, 0.3) is 0 Å². The molecule has 7 nitrogen and oxygen atoms in total. The molecule has 1 aliphatic carbocycles. The van der Waals surface area contributed by atoms with Crippen molar-refractivity contribution in [2.45, 2.75) is 62.3 Å². The fraction of sp³-hybridized carbons (Fsp3) is 0.579. The van der Waals surface area contributed by atoms with Gasteiger partial charge in [-0.2, -0.15) is 4.31 Å². The SMILES string of the molecule is Cc1ccc(C(=O)NC2(C(=O)O)CCCC2)cc1S(=O)(=O)N1CCCCC1. The second kappa shape index (κ2) is 7.59. The number of carbonyl (C=O) groups excluding carboxylic acids is 1. The van der Waals surface area contributed by atoms with Crippen LogP contribution in [0.1, 0.15) is 60.9 Å². The first-order valence-corrected chi connectivity index (χ1v) is 10.9. The minimum atomic E-state index is -3.67. The highest BCUT2D eigenvalue weighted by Gasteiger charge is 2.42. The first kappa shape index (κ1) is 19.8. The minimum absolute atomic E-state index is 0.118. The number of carboxylic acids is 1. The summed E-state index contributed by atoms with van der Waals surface area (Å²) < 4.78 is 27.5. The lowest BCUT2D eigenvalue weighted by molar-refractivity contribution is -0.144. The van der Waals surface area contributed by atoms with Gasteiger partial charge in [-0.25, -0.2) is 13.2 Å². The zero-order chi connectivity index (χ0) is 19.7. The molecule has 2 fully saturated rings. The predicted molar refractivity (Wildman–Crippen MR) is 100 cm³/mol. The summed E-state index contributed by atoms with van der Waals surface area (Å²) in [4.78, 5) is 24.5. The Morgan fingerprint density at radius 3 is 2.30 bits per heavy atom. The van der Waals surface area contributed by atoms with E-state index in [2.05, 4.69) is 5.32 Å². The molecule has 1 saturated carbocycles. The van der Waals surface area contributed by atoms with Crippen molar-refractivity contribution in [2.24, 2.45) is 0 Å². The van der Waals surface area contributed by atoms with Crippen molar-refractivity contribution in [1.82, 2.24) is 9.62 Å². The number of amides is 1. The van der Waals surface area contributed by atoms with Gasteiger partial charge in [-0.05, 0) is 50.3 Å². The zero-order valence-corrected chi connectivity index (χ0v) is 16.3. The van der Waals surface area contributed by atoms with Gasteiger partial charge in [-0.1, -0.05) is 25.3 Å². The number of hydrogen-bond acceptors (Lipinski definition) is 4. The maximum Gasteiger partial charge on any atom is 0.329 e. The van der Waals surface area contributed by atoms with E-state index in [0.717, 1.165) is 32.1 Å². The Morgan fingerprint density at radius 1 is 1.07 bits per heavy atom. The average Bonchev–Trinajstić information content (AvgIpc) is 3.12. The Bertz CT molecular complexity index is 838. The number of sulfonamides is 1. The third-order valence-corrected chi connectivity index (χ3v) is 7.64. The van der Waals surface area contributed by atoms with Crippen LogP contribution in [-0.2, 0) is 14.8 Å². The molecule has 8 heteroatoms. The van der Waals surface area contributed by atoms with Gasteiger partial charge in [0, 0.05) is 18.7 Å². The van der Waals surface area contributed by atoms with Gasteiger partial charge in [0.15, 0.2) is 0 Å². The molecule has 0 radical (unpaired) electrons. The molecule has 0 aromatic heterocycles. The number of carbonyl (C=O) groups is 2. The Kier molecular flexibility index (Phi) is 5.58. The number of rotatable bonds is 5. The van der Waals surface area contributed by atoms with Crippen molar-refractivity contribution < 1.29 is 23.1 Å². The van der Waals surface area contributed by atoms with Crippen molar-refractivity contribution in [2.75, 3.05) is 13.1 Å². The summed E-state index contributed by atoms with van der Waals surface area (Å²) in [6.45, 7) is 2.68. The molecule has 2 aliphatic rings. The van der Waals surface area contributed by atoms with Gasteiger partial charge in [0.25, 0.3) is 5.91 Å². The summed E-state index contributed by atoms with van der Waals surface area (Å²) in [5, 5.41) is 12.2. The Balaban J connectivity index is 1.88. The molecule has 3 rings (SSSR count). The van der Waals surface area contributed by atoms with Crippen LogP contribution in [0.2, 0.25) is 0 Å². The minimum Gasteiger partial charge on any atom is -0.480 e. The van der Waals surface area contributed by atoms with Gasteiger partial charge >= 0.3 is 5.97 Å². The van der Waals surface area contributed by atoms with E-state index in [1.54, 1.807) is 19.1 Å². The molecule has 1 saturated heterocycles. The first-order chi connectivity index (χ1) is 12.8. The lowest BCUT2D eigenvalue weighted by Crippen LogP contribution is -2.52. The van der Waals surface area contributed by atoms with Crippen LogP contribution in [-0.4, -0.2) is 48.3 Å². The molecule has 0 unspecified atom stereocenters. The van der Waals surface area contributed by atoms with Crippen LogP contribution < -0.4 is 5.32 Å². The Morgan fingerprint density at radius 2 is 1.70 bits per heavy atom. The number of carboxylic acid groups (broad SMARTS) is 1.